The summed E-state index contributed by atoms with van der Waals surface area (Å²) in [7, 11) is 0. The fourth-order valence-corrected chi connectivity index (χ4v) is 3.06. The molecule has 0 saturated carbocycles. The topological polar surface area (TPSA) is 95.2 Å². The highest BCUT2D eigenvalue weighted by Gasteiger charge is 2.22. The first-order valence-electron chi connectivity index (χ1n) is 8.18. The first kappa shape index (κ1) is 20.4. The van der Waals surface area contributed by atoms with Crippen LogP contribution in [-0.2, 0) is 17.7 Å². The quantitative estimate of drug-likeness (QED) is 0.720. The number of aromatic nitrogens is 3. The Labute approximate surface area is 163 Å². The van der Waals surface area contributed by atoms with Crippen molar-refractivity contribution >= 4 is 42.2 Å². The minimum atomic E-state index is -0.233. The van der Waals surface area contributed by atoms with Crippen LogP contribution < -0.4 is 15.5 Å². The fourth-order valence-electron chi connectivity index (χ4n) is 3.06. The van der Waals surface area contributed by atoms with E-state index in [2.05, 4.69) is 30.7 Å². The van der Waals surface area contributed by atoms with Crippen molar-refractivity contribution in [2.75, 3.05) is 43.1 Å². The molecular formula is C16H22Cl2N6O2. The summed E-state index contributed by atoms with van der Waals surface area (Å²) in [4.78, 5) is 19.0. The Hall–Kier alpha value is -1.87. The highest BCUT2D eigenvalue weighted by molar-refractivity contribution is 6.03. The molecule has 8 nitrogen and oxygen atoms in total. The second kappa shape index (κ2) is 9.18. The van der Waals surface area contributed by atoms with Gasteiger partial charge in [0, 0.05) is 43.9 Å². The van der Waals surface area contributed by atoms with E-state index in [0.29, 0.717) is 18.1 Å². The van der Waals surface area contributed by atoms with Crippen molar-refractivity contribution in [1.29, 1.82) is 0 Å². The van der Waals surface area contributed by atoms with Crippen LogP contribution in [-0.4, -0.2) is 53.9 Å². The second-order valence-corrected chi connectivity index (χ2v) is 5.91. The standard InChI is InChI=1S/C16H20N6O2.2ClH/c23-16(15-12-10-17-4-3-13(12)20-21-15)19-14-2-1-11(9-18-14)22-5-7-24-8-6-22;;/h1-2,9,17H,3-8,10H2,(H,20,21)(H,18,19,23);2*1H. The zero-order valence-corrected chi connectivity index (χ0v) is 15.8. The molecule has 4 rings (SSSR count). The van der Waals surface area contributed by atoms with Crippen LogP contribution in [0.2, 0.25) is 0 Å². The molecule has 2 aliphatic rings. The van der Waals surface area contributed by atoms with E-state index in [0.717, 1.165) is 56.2 Å². The minimum absolute atomic E-state index is 0. The number of pyridine rings is 1. The number of H-pyrrole nitrogens is 1. The van der Waals surface area contributed by atoms with Gasteiger partial charge >= 0.3 is 0 Å². The number of morpholine rings is 1. The van der Waals surface area contributed by atoms with Gasteiger partial charge in [0.25, 0.3) is 5.91 Å². The largest absolute Gasteiger partial charge is 0.378 e. The number of ether oxygens (including phenoxy) is 1. The molecule has 0 atom stereocenters. The maximum absolute atomic E-state index is 12.4. The third-order valence-corrected chi connectivity index (χ3v) is 4.39. The summed E-state index contributed by atoms with van der Waals surface area (Å²) in [5, 5.41) is 13.2. The number of anilines is 2. The van der Waals surface area contributed by atoms with Crippen LogP contribution in [0.25, 0.3) is 0 Å². The summed E-state index contributed by atoms with van der Waals surface area (Å²) < 4.78 is 5.35. The molecule has 4 heterocycles. The lowest BCUT2D eigenvalue weighted by Crippen LogP contribution is -2.36. The van der Waals surface area contributed by atoms with E-state index in [1.165, 1.54) is 0 Å². The zero-order chi connectivity index (χ0) is 16.4. The van der Waals surface area contributed by atoms with Crippen LogP contribution in [0.1, 0.15) is 21.7 Å². The number of hydrogen-bond acceptors (Lipinski definition) is 6. The Morgan fingerprint density at radius 3 is 2.77 bits per heavy atom. The minimum Gasteiger partial charge on any atom is -0.378 e. The van der Waals surface area contributed by atoms with Gasteiger partial charge in [-0.3, -0.25) is 9.89 Å². The predicted molar refractivity (Wildman–Crippen MR) is 104 cm³/mol. The van der Waals surface area contributed by atoms with Crippen molar-refractivity contribution in [1.82, 2.24) is 20.5 Å². The van der Waals surface area contributed by atoms with Gasteiger partial charge in [0.15, 0.2) is 5.69 Å². The normalized spacial score (nSPS) is 16.1. The van der Waals surface area contributed by atoms with Gasteiger partial charge in [-0.2, -0.15) is 5.10 Å². The van der Waals surface area contributed by atoms with Gasteiger partial charge in [0.05, 0.1) is 25.1 Å². The first-order valence-corrected chi connectivity index (χ1v) is 8.18. The molecule has 142 valence electrons. The van der Waals surface area contributed by atoms with Gasteiger partial charge in [-0.1, -0.05) is 0 Å². The summed E-state index contributed by atoms with van der Waals surface area (Å²) in [6, 6.07) is 3.79. The molecular weight excluding hydrogens is 379 g/mol. The number of halogens is 2. The number of carbonyl (C=O) groups is 1. The van der Waals surface area contributed by atoms with Crippen LogP contribution in [0.15, 0.2) is 18.3 Å². The SMILES string of the molecule is Cl.Cl.O=C(Nc1ccc(N2CCOCC2)cn1)c1n[nH]c2c1CNCC2. The second-order valence-electron chi connectivity index (χ2n) is 5.91. The molecule has 2 aromatic rings. The molecule has 0 unspecified atom stereocenters. The number of nitrogens with one attached hydrogen (secondary N) is 3. The van der Waals surface area contributed by atoms with E-state index in [4.69, 9.17) is 4.74 Å². The molecule has 2 aliphatic heterocycles. The Morgan fingerprint density at radius 1 is 1.23 bits per heavy atom. The summed E-state index contributed by atoms with van der Waals surface area (Å²) in [5.41, 5.74) is 3.46. The van der Waals surface area contributed by atoms with E-state index >= 15 is 0 Å². The van der Waals surface area contributed by atoms with E-state index in [1.807, 2.05) is 12.1 Å². The predicted octanol–water partition coefficient (Wildman–Crippen LogP) is 1.38. The number of rotatable bonds is 3. The lowest BCUT2D eigenvalue weighted by atomic mass is 10.1. The molecule has 1 saturated heterocycles. The van der Waals surface area contributed by atoms with Gasteiger partial charge in [-0.15, -0.1) is 24.8 Å². The van der Waals surface area contributed by atoms with Crippen LogP contribution in [0.5, 0.6) is 0 Å². The van der Waals surface area contributed by atoms with Gasteiger partial charge in [0.1, 0.15) is 5.82 Å². The molecule has 10 heteroatoms. The summed E-state index contributed by atoms with van der Waals surface area (Å²) in [5.74, 6) is 0.292. The summed E-state index contributed by atoms with van der Waals surface area (Å²) in [6.07, 6.45) is 2.64. The Morgan fingerprint density at radius 2 is 2.04 bits per heavy atom. The first-order chi connectivity index (χ1) is 11.8. The van der Waals surface area contributed by atoms with E-state index in [1.54, 1.807) is 6.20 Å². The third-order valence-electron chi connectivity index (χ3n) is 4.39. The van der Waals surface area contributed by atoms with Crippen LogP contribution in [0, 0.1) is 0 Å². The Kier molecular flexibility index (Phi) is 7.22. The lowest BCUT2D eigenvalue weighted by Gasteiger charge is -2.28. The smallest absolute Gasteiger partial charge is 0.277 e. The van der Waals surface area contributed by atoms with Gasteiger partial charge in [-0.05, 0) is 12.1 Å². The highest BCUT2D eigenvalue weighted by atomic mass is 35.5. The number of aromatic amines is 1. The van der Waals surface area contributed by atoms with E-state index in [9.17, 15) is 4.79 Å². The van der Waals surface area contributed by atoms with Crippen molar-refractivity contribution < 1.29 is 9.53 Å². The summed E-state index contributed by atoms with van der Waals surface area (Å²) >= 11 is 0. The van der Waals surface area contributed by atoms with Crippen molar-refractivity contribution in [2.45, 2.75) is 13.0 Å². The van der Waals surface area contributed by atoms with Crippen molar-refractivity contribution in [3.05, 3.63) is 35.3 Å². The van der Waals surface area contributed by atoms with Crippen molar-refractivity contribution in [3.63, 3.8) is 0 Å². The number of amides is 1. The average Bonchev–Trinajstić information content (AvgIpc) is 3.07. The molecule has 1 fully saturated rings. The molecule has 3 N–H and O–H groups in total. The van der Waals surface area contributed by atoms with Crippen LogP contribution in [0.4, 0.5) is 11.5 Å². The molecule has 2 aromatic heterocycles. The molecule has 0 spiro atoms. The van der Waals surface area contributed by atoms with Gasteiger partial charge < -0.3 is 20.3 Å². The third kappa shape index (κ3) is 4.27. The van der Waals surface area contributed by atoms with Crippen molar-refractivity contribution in [3.8, 4) is 0 Å². The van der Waals surface area contributed by atoms with Crippen molar-refractivity contribution in [2.24, 2.45) is 0 Å². The van der Waals surface area contributed by atoms with Crippen LogP contribution >= 0.6 is 24.8 Å². The maximum atomic E-state index is 12.4. The molecule has 0 aromatic carbocycles. The summed E-state index contributed by atoms with van der Waals surface area (Å²) in [6.45, 7) is 4.76. The monoisotopic (exact) mass is 400 g/mol. The highest BCUT2D eigenvalue weighted by Crippen LogP contribution is 2.19. The van der Waals surface area contributed by atoms with E-state index < -0.39 is 0 Å². The van der Waals surface area contributed by atoms with Gasteiger partial charge in [0.2, 0.25) is 0 Å². The zero-order valence-electron chi connectivity index (χ0n) is 14.2. The number of fused-ring (bicyclic) bond motifs is 1. The molecule has 26 heavy (non-hydrogen) atoms. The number of nitrogens with zero attached hydrogens (tertiary/aromatic N) is 3. The van der Waals surface area contributed by atoms with Gasteiger partial charge in [-0.25, -0.2) is 4.98 Å². The Bertz CT molecular complexity index is 731. The lowest BCUT2D eigenvalue weighted by molar-refractivity contribution is 0.102. The maximum Gasteiger partial charge on any atom is 0.277 e. The molecule has 0 bridgehead atoms. The molecule has 1 amide bonds. The number of carbonyl (C=O) groups excluding carboxylic acids is 1. The number of hydrogen-bond donors (Lipinski definition) is 3. The molecule has 0 aliphatic carbocycles. The Balaban J connectivity index is 0.00000121. The molecule has 0 radical (unpaired) electrons. The van der Waals surface area contributed by atoms with E-state index in [-0.39, 0.29) is 30.7 Å². The van der Waals surface area contributed by atoms with Crippen LogP contribution in [0.3, 0.4) is 0 Å². The average molecular weight is 401 g/mol. The fraction of sp³-hybridized carbons (Fsp3) is 0.438.